The highest BCUT2D eigenvalue weighted by atomic mass is 32.1. The molecule has 0 aromatic carbocycles. The first kappa shape index (κ1) is 13.3. The molecule has 0 radical (unpaired) electrons. The third kappa shape index (κ3) is 2.48. The van der Waals surface area contributed by atoms with Gasteiger partial charge < -0.3 is 14.5 Å². The maximum absolute atomic E-state index is 5.95. The predicted molar refractivity (Wildman–Crippen MR) is 77.1 cm³/mol. The molecule has 0 saturated carbocycles. The maximum atomic E-state index is 5.95. The van der Waals surface area contributed by atoms with E-state index < -0.39 is 0 Å². The van der Waals surface area contributed by atoms with Crippen LogP contribution in [0, 0.1) is 20.8 Å². The maximum Gasteiger partial charge on any atom is 0.136 e. The number of nitrogens with zero attached hydrogens (tertiary/aromatic N) is 2. The first-order chi connectivity index (χ1) is 8.50. The monoisotopic (exact) mass is 266 g/mol. The summed E-state index contributed by atoms with van der Waals surface area (Å²) >= 11 is 1.82. The molecule has 0 aliphatic carbocycles. The Kier molecular flexibility index (Phi) is 3.85. The van der Waals surface area contributed by atoms with Gasteiger partial charge in [0.05, 0.1) is 12.7 Å². The van der Waals surface area contributed by atoms with Gasteiger partial charge in [-0.3, -0.25) is 0 Å². The lowest BCUT2D eigenvalue weighted by Gasteiger charge is -2.26. The van der Waals surface area contributed by atoms with Crippen molar-refractivity contribution in [2.75, 3.05) is 20.2 Å². The van der Waals surface area contributed by atoms with E-state index in [4.69, 9.17) is 4.74 Å². The van der Waals surface area contributed by atoms with Crippen LogP contribution in [0.5, 0.6) is 5.75 Å². The molecule has 0 amide bonds. The summed E-state index contributed by atoms with van der Waals surface area (Å²) in [6, 6.07) is 0. The zero-order valence-electron chi connectivity index (χ0n) is 11.9. The van der Waals surface area contributed by atoms with E-state index in [1.165, 1.54) is 15.3 Å². The number of aryl methyl sites for hydroxylation is 2. The molecule has 1 aliphatic rings. The second-order valence-electron chi connectivity index (χ2n) is 4.85. The third-order valence-corrected chi connectivity index (χ3v) is 4.76. The molecule has 18 heavy (non-hydrogen) atoms. The van der Waals surface area contributed by atoms with Crippen LogP contribution in [0.25, 0.3) is 0 Å². The Labute approximate surface area is 114 Å². The summed E-state index contributed by atoms with van der Waals surface area (Å²) in [5.41, 5.74) is 1.29. The smallest absolute Gasteiger partial charge is 0.136 e. The van der Waals surface area contributed by atoms with Crippen LogP contribution in [0.2, 0.25) is 0 Å². The van der Waals surface area contributed by atoms with Gasteiger partial charge in [-0.2, -0.15) is 0 Å². The van der Waals surface area contributed by atoms with Gasteiger partial charge in [-0.1, -0.05) is 0 Å². The van der Waals surface area contributed by atoms with Crippen molar-refractivity contribution in [3.8, 4) is 5.75 Å². The summed E-state index contributed by atoms with van der Waals surface area (Å²) in [4.78, 5) is 7.14. The Morgan fingerprint density at radius 3 is 2.44 bits per heavy atom. The summed E-state index contributed by atoms with van der Waals surface area (Å²) < 4.78 is 5.95. The van der Waals surface area contributed by atoms with E-state index in [1.807, 2.05) is 11.3 Å². The Morgan fingerprint density at radius 2 is 1.94 bits per heavy atom. The van der Waals surface area contributed by atoms with Crippen molar-refractivity contribution in [1.29, 1.82) is 0 Å². The first-order valence-electron chi connectivity index (χ1n) is 6.36. The molecule has 2 rings (SSSR count). The van der Waals surface area contributed by atoms with E-state index in [0.29, 0.717) is 6.17 Å². The van der Waals surface area contributed by atoms with Gasteiger partial charge >= 0.3 is 0 Å². The van der Waals surface area contributed by atoms with Crippen molar-refractivity contribution in [1.82, 2.24) is 9.80 Å². The quantitative estimate of drug-likeness (QED) is 0.833. The molecule has 4 heteroatoms. The lowest BCUT2D eigenvalue weighted by Crippen LogP contribution is -2.35. The van der Waals surface area contributed by atoms with Gasteiger partial charge in [-0.15, -0.1) is 11.3 Å². The zero-order valence-corrected chi connectivity index (χ0v) is 12.7. The number of thiophene rings is 1. The highest BCUT2D eigenvalue weighted by Crippen LogP contribution is 2.33. The molecule has 1 atom stereocenters. The molecule has 3 nitrogen and oxygen atoms in total. The van der Waals surface area contributed by atoms with Gasteiger partial charge in [0, 0.05) is 34.8 Å². The molecule has 1 unspecified atom stereocenters. The number of hydrogen-bond acceptors (Lipinski definition) is 4. The van der Waals surface area contributed by atoms with Gasteiger partial charge in [-0.25, -0.2) is 0 Å². The minimum Gasteiger partial charge on any atom is -0.490 e. The zero-order chi connectivity index (χ0) is 13.3. The fourth-order valence-electron chi connectivity index (χ4n) is 2.17. The average molecular weight is 266 g/mol. The normalized spacial score (nSPS) is 18.8. The van der Waals surface area contributed by atoms with Crippen molar-refractivity contribution < 1.29 is 4.74 Å². The fourth-order valence-corrected chi connectivity index (χ4v) is 3.18. The Hall–Kier alpha value is -1.16. The van der Waals surface area contributed by atoms with Crippen molar-refractivity contribution in [3.05, 3.63) is 27.7 Å². The SMILES string of the molecule is Cc1sc(C)c(OCCN2C=CN(C)C2C)c1C. The first-order valence-corrected chi connectivity index (χ1v) is 7.17. The molecule has 0 spiro atoms. The fraction of sp³-hybridized carbons (Fsp3) is 0.571. The minimum atomic E-state index is 0.431. The average Bonchev–Trinajstić information content (AvgIpc) is 2.76. The van der Waals surface area contributed by atoms with Crippen LogP contribution in [0.15, 0.2) is 12.4 Å². The van der Waals surface area contributed by atoms with Crippen molar-refractivity contribution in [2.45, 2.75) is 33.9 Å². The van der Waals surface area contributed by atoms with Crippen LogP contribution in [0.4, 0.5) is 0 Å². The molecule has 1 aromatic rings. The van der Waals surface area contributed by atoms with E-state index in [-0.39, 0.29) is 0 Å². The minimum absolute atomic E-state index is 0.431. The highest BCUT2D eigenvalue weighted by Gasteiger charge is 2.18. The highest BCUT2D eigenvalue weighted by molar-refractivity contribution is 7.12. The van der Waals surface area contributed by atoms with Crippen LogP contribution in [0.1, 0.15) is 22.2 Å². The largest absolute Gasteiger partial charge is 0.490 e. The summed E-state index contributed by atoms with van der Waals surface area (Å²) in [5.74, 6) is 1.08. The van der Waals surface area contributed by atoms with Crippen LogP contribution in [-0.4, -0.2) is 36.2 Å². The van der Waals surface area contributed by atoms with Crippen LogP contribution >= 0.6 is 11.3 Å². The summed E-state index contributed by atoms with van der Waals surface area (Å²) in [7, 11) is 2.10. The lowest BCUT2D eigenvalue weighted by atomic mass is 10.2. The van der Waals surface area contributed by atoms with Crippen LogP contribution < -0.4 is 4.74 Å². The van der Waals surface area contributed by atoms with Crippen LogP contribution in [-0.2, 0) is 0 Å². The molecule has 1 aromatic heterocycles. The molecule has 0 N–H and O–H groups in total. The number of ether oxygens (including phenoxy) is 1. The summed E-state index contributed by atoms with van der Waals surface area (Å²) in [6.07, 6.45) is 4.67. The summed E-state index contributed by atoms with van der Waals surface area (Å²) in [5, 5.41) is 0. The molecule has 1 aliphatic heterocycles. The van der Waals surface area contributed by atoms with Gasteiger partial charge in [0.1, 0.15) is 12.4 Å². The number of rotatable bonds is 4. The van der Waals surface area contributed by atoms with Gasteiger partial charge in [-0.05, 0) is 27.7 Å². The van der Waals surface area contributed by atoms with Gasteiger partial charge in [0.2, 0.25) is 0 Å². The number of hydrogen-bond donors (Lipinski definition) is 0. The molecule has 100 valence electrons. The molecule has 0 saturated heterocycles. The predicted octanol–water partition coefficient (Wildman–Crippen LogP) is 3.12. The van der Waals surface area contributed by atoms with Crippen LogP contribution in [0.3, 0.4) is 0 Å². The van der Waals surface area contributed by atoms with Crippen molar-refractivity contribution in [2.24, 2.45) is 0 Å². The van der Waals surface area contributed by atoms with Crippen molar-refractivity contribution in [3.63, 3.8) is 0 Å². The molecular formula is C14H22N2OS. The van der Waals surface area contributed by atoms with E-state index in [9.17, 15) is 0 Å². The Bertz CT molecular complexity index is 453. The Balaban J connectivity index is 1.88. The van der Waals surface area contributed by atoms with E-state index in [1.54, 1.807) is 0 Å². The Morgan fingerprint density at radius 1 is 1.22 bits per heavy atom. The van der Waals surface area contributed by atoms with E-state index in [2.05, 4.69) is 56.9 Å². The second-order valence-corrected chi connectivity index (χ2v) is 6.28. The van der Waals surface area contributed by atoms with Gasteiger partial charge in [0.15, 0.2) is 0 Å². The third-order valence-electron chi connectivity index (χ3n) is 3.65. The van der Waals surface area contributed by atoms with E-state index in [0.717, 1.165) is 18.9 Å². The van der Waals surface area contributed by atoms with Crippen molar-refractivity contribution >= 4 is 11.3 Å². The topological polar surface area (TPSA) is 15.7 Å². The molecule has 2 heterocycles. The van der Waals surface area contributed by atoms with E-state index >= 15 is 0 Å². The second kappa shape index (κ2) is 5.22. The summed E-state index contributed by atoms with van der Waals surface area (Å²) in [6.45, 7) is 10.3. The lowest BCUT2D eigenvalue weighted by molar-refractivity contribution is 0.166. The molecular weight excluding hydrogens is 244 g/mol. The van der Waals surface area contributed by atoms with Gasteiger partial charge in [0.25, 0.3) is 0 Å². The molecule has 0 bridgehead atoms. The standard InChI is InChI=1S/C14H22N2OS/c1-10-11(2)18-12(3)14(10)17-9-8-16-7-6-15(5)13(16)4/h6-7,13H,8-9H2,1-5H3. The molecule has 0 fully saturated rings.